The van der Waals surface area contributed by atoms with Crippen LogP contribution < -0.4 is 11.1 Å². The van der Waals surface area contributed by atoms with Crippen LogP contribution in [0.4, 0.5) is 0 Å². The summed E-state index contributed by atoms with van der Waals surface area (Å²) in [6, 6.07) is 3.92. The van der Waals surface area contributed by atoms with E-state index in [1.165, 1.54) is 24.1 Å². The molecule has 0 unspecified atom stereocenters. The lowest BCUT2D eigenvalue weighted by Gasteiger charge is -2.35. The van der Waals surface area contributed by atoms with Crippen LogP contribution in [0.3, 0.4) is 0 Å². The largest absolute Gasteiger partial charge is 0.391 e. The minimum Gasteiger partial charge on any atom is -0.391 e. The molecule has 0 aliphatic heterocycles. The molecule has 0 atom stereocenters. The Morgan fingerprint density at radius 3 is 2.43 bits per heavy atom. The molecule has 0 saturated heterocycles. The van der Waals surface area contributed by atoms with Gasteiger partial charge in [-0.25, -0.2) is 0 Å². The zero-order valence-corrected chi connectivity index (χ0v) is 14.2. The van der Waals surface area contributed by atoms with E-state index in [0.717, 1.165) is 37.0 Å². The van der Waals surface area contributed by atoms with Gasteiger partial charge in [0.15, 0.2) is 0 Å². The van der Waals surface area contributed by atoms with Gasteiger partial charge in [0, 0.05) is 4.88 Å². The molecule has 1 aliphatic carbocycles. The second-order valence-electron chi connectivity index (χ2n) is 5.79. The van der Waals surface area contributed by atoms with Gasteiger partial charge in [-0.15, -0.1) is 11.3 Å². The molecule has 3 N–H and O–H groups in total. The van der Waals surface area contributed by atoms with Crippen molar-refractivity contribution in [2.75, 3.05) is 0 Å². The number of carbonyl (C=O) groups excluding carboxylic acids is 1. The van der Waals surface area contributed by atoms with Crippen LogP contribution in [0.5, 0.6) is 0 Å². The number of carbonyl (C=O) groups is 1. The highest BCUT2D eigenvalue weighted by Gasteiger charge is 2.35. The Morgan fingerprint density at radius 2 is 1.90 bits per heavy atom. The normalized spacial score (nSPS) is 18.5. The Hall–Kier alpha value is -0.940. The summed E-state index contributed by atoms with van der Waals surface area (Å²) in [4.78, 5) is 14.9. The van der Waals surface area contributed by atoms with Crippen LogP contribution in [0.2, 0.25) is 0 Å². The van der Waals surface area contributed by atoms with E-state index in [1.54, 1.807) is 11.3 Å². The topological polar surface area (TPSA) is 55.1 Å². The first-order chi connectivity index (χ1) is 10.1. The fourth-order valence-electron chi connectivity index (χ4n) is 2.91. The third-order valence-corrected chi connectivity index (χ3v) is 5.88. The Kier molecular flexibility index (Phi) is 5.76. The molecule has 1 amide bonds. The number of hydrogen-bond donors (Lipinski definition) is 2. The summed E-state index contributed by atoms with van der Waals surface area (Å²) in [7, 11) is 0. The summed E-state index contributed by atoms with van der Waals surface area (Å²) < 4.78 is 0. The van der Waals surface area contributed by atoms with Crippen molar-refractivity contribution in [3.05, 3.63) is 21.9 Å². The van der Waals surface area contributed by atoms with Crippen molar-refractivity contribution in [1.82, 2.24) is 5.32 Å². The van der Waals surface area contributed by atoms with Gasteiger partial charge in [0.1, 0.15) is 0 Å². The minimum absolute atomic E-state index is 0.0342. The van der Waals surface area contributed by atoms with E-state index >= 15 is 0 Å². The van der Waals surface area contributed by atoms with Crippen molar-refractivity contribution < 1.29 is 4.79 Å². The standard InChI is InChI=1S/C16H24N2OS2/c1-2-12-8-9-13(21-12)14(19)18-16(15(17)20)10-6-4-3-5-7-11-16/h8-9H,2-7,10-11H2,1H3,(H2,17,20)(H,18,19). The molecule has 1 fully saturated rings. The van der Waals surface area contributed by atoms with Gasteiger partial charge >= 0.3 is 0 Å². The van der Waals surface area contributed by atoms with E-state index in [4.69, 9.17) is 18.0 Å². The molecule has 5 heteroatoms. The van der Waals surface area contributed by atoms with E-state index in [2.05, 4.69) is 12.2 Å². The van der Waals surface area contributed by atoms with Crippen LogP contribution in [0.1, 0.15) is 66.4 Å². The van der Waals surface area contributed by atoms with Crippen molar-refractivity contribution in [2.24, 2.45) is 5.73 Å². The third kappa shape index (κ3) is 4.04. The van der Waals surface area contributed by atoms with Crippen molar-refractivity contribution in [2.45, 2.75) is 63.8 Å². The number of rotatable bonds is 4. The predicted molar refractivity (Wildman–Crippen MR) is 93.0 cm³/mol. The summed E-state index contributed by atoms with van der Waals surface area (Å²) in [5.41, 5.74) is 5.50. The highest BCUT2D eigenvalue weighted by molar-refractivity contribution is 7.80. The molecule has 1 saturated carbocycles. The number of thiocarbonyl (C=S) groups is 1. The fourth-order valence-corrected chi connectivity index (χ4v) is 4.01. The highest BCUT2D eigenvalue weighted by atomic mass is 32.1. The Labute approximate surface area is 136 Å². The molecule has 3 nitrogen and oxygen atoms in total. The molecular weight excluding hydrogens is 300 g/mol. The second-order valence-corrected chi connectivity index (χ2v) is 7.40. The van der Waals surface area contributed by atoms with E-state index in [-0.39, 0.29) is 5.91 Å². The van der Waals surface area contributed by atoms with Crippen LogP contribution in [-0.2, 0) is 6.42 Å². The van der Waals surface area contributed by atoms with E-state index in [9.17, 15) is 4.79 Å². The van der Waals surface area contributed by atoms with Crippen LogP contribution in [0.25, 0.3) is 0 Å². The smallest absolute Gasteiger partial charge is 0.262 e. The van der Waals surface area contributed by atoms with E-state index < -0.39 is 5.54 Å². The molecule has 21 heavy (non-hydrogen) atoms. The summed E-state index contributed by atoms with van der Waals surface area (Å²) in [5.74, 6) is -0.0342. The number of nitrogens with two attached hydrogens (primary N) is 1. The van der Waals surface area contributed by atoms with Crippen LogP contribution in [-0.4, -0.2) is 16.4 Å². The van der Waals surface area contributed by atoms with Gasteiger partial charge in [0.2, 0.25) is 0 Å². The first-order valence-corrected chi connectivity index (χ1v) is 9.01. The van der Waals surface area contributed by atoms with E-state index in [1.807, 2.05) is 12.1 Å². The summed E-state index contributed by atoms with van der Waals surface area (Å²) >= 11 is 6.85. The van der Waals surface area contributed by atoms with Gasteiger partial charge in [-0.05, 0) is 31.4 Å². The predicted octanol–water partition coefficient (Wildman–Crippen LogP) is 3.81. The van der Waals surface area contributed by atoms with Crippen LogP contribution in [0, 0.1) is 0 Å². The van der Waals surface area contributed by atoms with Gasteiger partial charge in [0.25, 0.3) is 5.91 Å². The third-order valence-electron chi connectivity index (χ3n) is 4.27. The monoisotopic (exact) mass is 324 g/mol. The Balaban J connectivity index is 2.14. The van der Waals surface area contributed by atoms with Crippen molar-refractivity contribution in [1.29, 1.82) is 0 Å². The first kappa shape index (κ1) is 16.4. The molecule has 0 aromatic carbocycles. The SMILES string of the molecule is CCc1ccc(C(=O)NC2(C(N)=S)CCCCCCC2)s1. The quantitative estimate of drug-likeness (QED) is 0.828. The second kappa shape index (κ2) is 7.36. The number of nitrogens with one attached hydrogen (secondary N) is 1. The molecule has 0 radical (unpaired) electrons. The maximum absolute atomic E-state index is 12.5. The van der Waals surface area contributed by atoms with Gasteiger partial charge in [-0.1, -0.05) is 51.2 Å². The van der Waals surface area contributed by atoms with Gasteiger partial charge in [-0.3, -0.25) is 4.79 Å². The highest BCUT2D eigenvalue weighted by Crippen LogP contribution is 2.28. The molecule has 1 aliphatic rings. The molecule has 116 valence electrons. The van der Waals surface area contributed by atoms with Gasteiger partial charge < -0.3 is 11.1 Å². The van der Waals surface area contributed by atoms with Crippen molar-refractivity contribution >= 4 is 34.5 Å². The number of thiophene rings is 1. The molecule has 1 heterocycles. The summed E-state index contributed by atoms with van der Waals surface area (Å²) in [5, 5.41) is 3.16. The van der Waals surface area contributed by atoms with Crippen LogP contribution >= 0.6 is 23.6 Å². The summed E-state index contributed by atoms with van der Waals surface area (Å²) in [6.45, 7) is 2.10. The molecule has 2 rings (SSSR count). The van der Waals surface area contributed by atoms with Gasteiger partial charge in [-0.2, -0.15) is 0 Å². The maximum Gasteiger partial charge on any atom is 0.262 e. The lowest BCUT2D eigenvalue weighted by Crippen LogP contribution is -2.56. The maximum atomic E-state index is 12.5. The average Bonchev–Trinajstić information content (AvgIpc) is 2.90. The molecule has 1 aromatic rings. The summed E-state index contributed by atoms with van der Waals surface area (Å²) in [6.07, 6.45) is 8.48. The molecular formula is C16H24N2OS2. The van der Waals surface area contributed by atoms with Crippen LogP contribution in [0.15, 0.2) is 12.1 Å². The van der Waals surface area contributed by atoms with Crippen molar-refractivity contribution in [3.8, 4) is 0 Å². The zero-order valence-electron chi connectivity index (χ0n) is 12.6. The molecule has 0 spiro atoms. The molecule has 1 aromatic heterocycles. The number of hydrogen-bond acceptors (Lipinski definition) is 3. The lowest BCUT2D eigenvalue weighted by molar-refractivity contribution is 0.0917. The number of amides is 1. The number of aryl methyl sites for hydroxylation is 1. The first-order valence-electron chi connectivity index (χ1n) is 7.78. The average molecular weight is 325 g/mol. The Morgan fingerprint density at radius 1 is 1.29 bits per heavy atom. The zero-order chi connectivity index (χ0) is 15.3. The fraction of sp³-hybridized carbons (Fsp3) is 0.625. The Bertz CT molecular complexity index is 502. The van der Waals surface area contributed by atoms with Gasteiger partial charge in [0.05, 0.1) is 15.4 Å². The van der Waals surface area contributed by atoms with Crippen molar-refractivity contribution in [3.63, 3.8) is 0 Å². The molecule has 0 bridgehead atoms. The lowest BCUT2D eigenvalue weighted by atomic mass is 9.83. The van der Waals surface area contributed by atoms with E-state index in [0.29, 0.717) is 4.99 Å². The minimum atomic E-state index is -0.497.